The number of rotatable bonds is 32. The van der Waals surface area contributed by atoms with Gasteiger partial charge in [0.05, 0.1) is 6.61 Å². The van der Waals surface area contributed by atoms with Crippen molar-refractivity contribution >= 4 is 25.5 Å². The lowest BCUT2D eigenvalue weighted by molar-refractivity contribution is -0.161. The smallest absolute Gasteiger partial charge is 0.462 e. The number of phosphoric ester groups is 1. The molecule has 0 aliphatic carbocycles. The van der Waals surface area contributed by atoms with Crippen LogP contribution in [0.5, 0.6) is 0 Å². The molecule has 10 heteroatoms. The first-order chi connectivity index (χ1) is 23.1. The molecule has 0 rings (SSSR count). The normalized spacial score (nSPS) is 13.6. The Hall–Kier alpha value is -2.32. The molecule has 1 unspecified atom stereocenters. The monoisotopic (exact) mass is 696 g/mol. The van der Waals surface area contributed by atoms with Gasteiger partial charge in [0, 0.05) is 19.3 Å². The van der Waals surface area contributed by atoms with Gasteiger partial charge in [-0.3, -0.25) is 18.9 Å². The van der Waals surface area contributed by atoms with Gasteiger partial charge in [0.2, 0.25) is 0 Å². The summed E-state index contributed by atoms with van der Waals surface area (Å²) in [4.78, 5) is 54.7. The van der Waals surface area contributed by atoms with Crippen LogP contribution < -0.4 is 0 Å². The molecule has 0 fully saturated rings. The number of esters is 2. The fraction of sp³-hybridized carbons (Fsp3) is 0.711. The van der Waals surface area contributed by atoms with Gasteiger partial charge in [-0.25, -0.2) is 4.57 Å². The third-order valence-corrected chi connectivity index (χ3v) is 8.35. The number of hydrogen-bond acceptors (Lipinski definition) is 7. The summed E-state index contributed by atoms with van der Waals surface area (Å²) in [5.41, 5.74) is 0. The Morgan fingerprint density at radius 1 is 0.688 bits per heavy atom. The zero-order valence-electron chi connectivity index (χ0n) is 30.0. The quantitative estimate of drug-likeness (QED) is 0.0176. The second-order valence-electron chi connectivity index (χ2n) is 12.5. The fourth-order valence-corrected chi connectivity index (χ4v) is 5.07. The SMILES string of the molecule is CCCCC/C=C\C/C=C\C/C=C\C=C\C(=O)CCCC(=O)O[C@H](COC(=O)CCCCCCCCCCC(C)CC)COP(=O)(O)O. The third kappa shape index (κ3) is 33.6. The van der Waals surface area contributed by atoms with Crippen molar-refractivity contribution in [3.8, 4) is 0 Å². The van der Waals surface area contributed by atoms with Crippen LogP contribution in [0.15, 0.2) is 48.6 Å². The highest BCUT2D eigenvalue weighted by atomic mass is 31.2. The van der Waals surface area contributed by atoms with E-state index >= 15 is 0 Å². The van der Waals surface area contributed by atoms with Crippen LogP contribution in [0.3, 0.4) is 0 Å². The average Bonchev–Trinajstić information content (AvgIpc) is 3.04. The highest BCUT2D eigenvalue weighted by molar-refractivity contribution is 7.46. The molecule has 0 heterocycles. The van der Waals surface area contributed by atoms with Gasteiger partial charge in [-0.05, 0) is 50.5 Å². The van der Waals surface area contributed by atoms with Gasteiger partial charge in [0.1, 0.15) is 6.61 Å². The van der Waals surface area contributed by atoms with E-state index in [2.05, 4.69) is 49.6 Å². The topological polar surface area (TPSA) is 136 Å². The molecule has 48 heavy (non-hydrogen) atoms. The molecule has 9 nitrogen and oxygen atoms in total. The number of carbonyl (C=O) groups excluding carboxylic acids is 3. The number of ketones is 1. The number of unbranched alkanes of at least 4 members (excludes halogenated alkanes) is 10. The van der Waals surface area contributed by atoms with E-state index in [0.717, 1.165) is 44.4 Å². The van der Waals surface area contributed by atoms with E-state index in [9.17, 15) is 18.9 Å². The summed E-state index contributed by atoms with van der Waals surface area (Å²) in [5.74, 6) is -0.470. The van der Waals surface area contributed by atoms with Gasteiger partial charge in [-0.1, -0.05) is 134 Å². The number of phosphoric acid groups is 1. The molecular weight excluding hydrogens is 631 g/mol. The number of carbonyl (C=O) groups is 3. The summed E-state index contributed by atoms with van der Waals surface area (Å²) < 4.78 is 26.1. The Kier molecular flexibility index (Phi) is 30.4. The molecule has 276 valence electrons. The van der Waals surface area contributed by atoms with Crippen LogP contribution in [0.25, 0.3) is 0 Å². The molecule has 2 atom stereocenters. The molecule has 0 aromatic heterocycles. The minimum Gasteiger partial charge on any atom is -0.462 e. The van der Waals surface area contributed by atoms with Crippen molar-refractivity contribution in [2.75, 3.05) is 13.2 Å². The lowest BCUT2D eigenvalue weighted by Crippen LogP contribution is -2.29. The highest BCUT2D eigenvalue weighted by Crippen LogP contribution is 2.36. The number of ether oxygens (including phenoxy) is 2. The van der Waals surface area contributed by atoms with Crippen LogP contribution in [0, 0.1) is 5.92 Å². The van der Waals surface area contributed by atoms with Gasteiger partial charge in [-0.2, -0.15) is 0 Å². The van der Waals surface area contributed by atoms with Gasteiger partial charge in [0.25, 0.3) is 0 Å². The first kappa shape index (κ1) is 45.7. The maximum Gasteiger partial charge on any atom is 0.469 e. The molecule has 0 saturated heterocycles. The van der Waals surface area contributed by atoms with E-state index in [1.54, 1.807) is 6.08 Å². The highest BCUT2D eigenvalue weighted by Gasteiger charge is 2.23. The van der Waals surface area contributed by atoms with Crippen LogP contribution in [-0.4, -0.2) is 46.8 Å². The first-order valence-corrected chi connectivity index (χ1v) is 19.8. The van der Waals surface area contributed by atoms with Crippen LogP contribution >= 0.6 is 7.82 Å². The number of hydrogen-bond donors (Lipinski definition) is 2. The lowest BCUT2D eigenvalue weighted by atomic mass is 9.99. The summed E-state index contributed by atoms with van der Waals surface area (Å²) in [6.07, 6.45) is 32.7. The van der Waals surface area contributed by atoms with Crippen LogP contribution in [0.2, 0.25) is 0 Å². The molecule has 0 aliphatic heterocycles. The predicted molar refractivity (Wildman–Crippen MR) is 193 cm³/mol. The molecule has 0 aliphatic rings. The van der Waals surface area contributed by atoms with Crippen molar-refractivity contribution in [2.45, 2.75) is 155 Å². The molecule has 0 aromatic carbocycles. The van der Waals surface area contributed by atoms with Crippen LogP contribution in [0.1, 0.15) is 149 Å². The van der Waals surface area contributed by atoms with Crippen molar-refractivity contribution < 1.29 is 42.7 Å². The van der Waals surface area contributed by atoms with E-state index in [1.165, 1.54) is 63.9 Å². The summed E-state index contributed by atoms with van der Waals surface area (Å²) >= 11 is 0. The third-order valence-electron chi connectivity index (χ3n) is 7.87. The Morgan fingerprint density at radius 3 is 1.98 bits per heavy atom. The number of allylic oxidation sites excluding steroid dienone is 8. The van der Waals surface area contributed by atoms with Crippen molar-refractivity contribution in [1.82, 2.24) is 0 Å². The van der Waals surface area contributed by atoms with Gasteiger partial charge in [0.15, 0.2) is 11.9 Å². The maximum atomic E-state index is 12.3. The summed E-state index contributed by atoms with van der Waals surface area (Å²) in [6.45, 7) is 5.73. The average molecular weight is 697 g/mol. The van der Waals surface area contributed by atoms with Crippen molar-refractivity contribution in [3.63, 3.8) is 0 Å². The summed E-state index contributed by atoms with van der Waals surface area (Å²) in [5, 5.41) is 0. The van der Waals surface area contributed by atoms with E-state index in [1.807, 2.05) is 12.2 Å². The Morgan fingerprint density at radius 2 is 1.31 bits per heavy atom. The second-order valence-corrected chi connectivity index (χ2v) is 13.7. The Labute approximate surface area is 290 Å². The first-order valence-electron chi connectivity index (χ1n) is 18.3. The standard InChI is InChI=1S/C38H65O9P/c1-4-6-7-8-9-10-11-12-13-14-18-21-24-28-35(39)29-26-31-38(41)47-36(33-46-48(42,43)44)32-45-37(40)30-25-22-19-16-15-17-20-23-27-34(3)5-2/h9-10,12-13,18,21,24,28,34,36H,4-8,11,14-17,19-20,22-23,25-27,29-33H2,1-3H3,(H2,42,43,44)/b10-9-,13-12-,21-18-,28-24+/t34?,36-/m1/s1. The van der Waals surface area contributed by atoms with Crippen molar-refractivity contribution in [1.29, 1.82) is 0 Å². The molecular formula is C38H65O9P. The van der Waals surface area contributed by atoms with E-state index in [0.29, 0.717) is 6.42 Å². The molecule has 0 amide bonds. The van der Waals surface area contributed by atoms with E-state index < -0.39 is 32.5 Å². The molecule has 0 bridgehead atoms. The zero-order valence-corrected chi connectivity index (χ0v) is 30.9. The summed E-state index contributed by atoms with van der Waals surface area (Å²) in [6, 6.07) is 0. The molecule has 2 N–H and O–H groups in total. The largest absolute Gasteiger partial charge is 0.469 e. The lowest BCUT2D eigenvalue weighted by Gasteiger charge is -2.18. The van der Waals surface area contributed by atoms with Crippen molar-refractivity contribution in [2.24, 2.45) is 5.92 Å². The predicted octanol–water partition coefficient (Wildman–Crippen LogP) is 9.82. The van der Waals surface area contributed by atoms with Crippen LogP contribution in [-0.2, 0) is 32.9 Å². The van der Waals surface area contributed by atoms with Gasteiger partial charge < -0.3 is 19.3 Å². The van der Waals surface area contributed by atoms with Gasteiger partial charge in [-0.15, -0.1) is 0 Å². The maximum absolute atomic E-state index is 12.3. The fourth-order valence-electron chi connectivity index (χ4n) is 4.71. The molecule has 0 aromatic rings. The van der Waals surface area contributed by atoms with Gasteiger partial charge >= 0.3 is 19.8 Å². The zero-order chi connectivity index (χ0) is 35.7. The Balaban J connectivity index is 4.24. The second kappa shape index (κ2) is 31.9. The summed E-state index contributed by atoms with van der Waals surface area (Å²) in [7, 11) is -4.81. The molecule has 0 saturated carbocycles. The van der Waals surface area contributed by atoms with E-state index in [-0.39, 0.29) is 38.1 Å². The minimum absolute atomic E-state index is 0.0779. The van der Waals surface area contributed by atoms with E-state index in [4.69, 9.17) is 19.3 Å². The van der Waals surface area contributed by atoms with Crippen LogP contribution in [0.4, 0.5) is 0 Å². The Bertz CT molecular complexity index is 996. The molecule has 0 radical (unpaired) electrons. The molecule has 0 spiro atoms. The minimum atomic E-state index is -4.81. The van der Waals surface area contributed by atoms with Crippen molar-refractivity contribution in [3.05, 3.63) is 48.6 Å².